The van der Waals surface area contributed by atoms with Crippen molar-refractivity contribution in [1.82, 2.24) is 13.9 Å². The highest BCUT2D eigenvalue weighted by Crippen LogP contribution is 2.17. The van der Waals surface area contributed by atoms with Crippen molar-refractivity contribution in [2.24, 2.45) is 0 Å². The summed E-state index contributed by atoms with van der Waals surface area (Å²) in [6, 6.07) is 4.84. The van der Waals surface area contributed by atoms with E-state index < -0.39 is 25.0 Å². The Morgan fingerprint density at radius 3 is 2.36 bits per heavy atom. The van der Waals surface area contributed by atoms with Crippen LogP contribution in [0, 0.1) is 10.1 Å². The van der Waals surface area contributed by atoms with Crippen LogP contribution in [-0.4, -0.2) is 76.5 Å². The molecule has 0 atom stereocenters. The highest BCUT2D eigenvalue weighted by Gasteiger charge is 2.23. The quantitative estimate of drug-likeness (QED) is 0.487. The van der Waals surface area contributed by atoms with E-state index in [0.717, 1.165) is 12.3 Å². The van der Waals surface area contributed by atoms with Crippen LogP contribution in [0.2, 0.25) is 0 Å². The summed E-state index contributed by atoms with van der Waals surface area (Å²) >= 11 is 0. The Kier molecular flexibility index (Phi) is 6.11. The molecule has 1 saturated heterocycles. The van der Waals surface area contributed by atoms with Crippen LogP contribution < -0.4 is 4.72 Å². The Hall–Kier alpha value is -1.60. The first-order valence-corrected chi connectivity index (χ1v) is 10.8. The zero-order valence-electron chi connectivity index (χ0n) is 13.7. The molecule has 1 aliphatic heterocycles. The van der Waals surface area contributed by atoms with Gasteiger partial charge in [0.15, 0.2) is 0 Å². The summed E-state index contributed by atoms with van der Waals surface area (Å²) in [5, 5.41) is 10.7. The van der Waals surface area contributed by atoms with Crippen LogP contribution in [0.15, 0.2) is 29.2 Å². The molecule has 1 N–H and O–H groups in total. The molecule has 0 saturated carbocycles. The van der Waals surface area contributed by atoms with Crippen molar-refractivity contribution in [3.05, 3.63) is 34.4 Å². The number of hydrogen-bond acceptors (Lipinski definition) is 7. The van der Waals surface area contributed by atoms with E-state index >= 15 is 0 Å². The number of sulfonamides is 2. The van der Waals surface area contributed by atoms with E-state index in [4.69, 9.17) is 0 Å². The molecule has 0 bridgehead atoms. The van der Waals surface area contributed by atoms with Crippen molar-refractivity contribution in [3.8, 4) is 0 Å². The maximum atomic E-state index is 12.2. The Labute approximate surface area is 146 Å². The minimum Gasteiger partial charge on any atom is -0.299 e. The van der Waals surface area contributed by atoms with E-state index in [0.29, 0.717) is 32.7 Å². The number of nitrogens with zero attached hydrogens (tertiary/aromatic N) is 3. The fourth-order valence-corrected chi connectivity index (χ4v) is 4.36. The fraction of sp³-hybridized carbons (Fsp3) is 0.538. The highest BCUT2D eigenvalue weighted by atomic mass is 32.2. The van der Waals surface area contributed by atoms with Crippen LogP contribution in [0.3, 0.4) is 0 Å². The average molecular weight is 392 g/mol. The fourth-order valence-electron chi connectivity index (χ4n) is 2.47. The smallest absolute Gasteiger partial charge is 0.270 e. The molecule has 1 heterocycles. The van der Waals surface area contributed by atoms with Crippen molar-refractivity contribution in [2.75, 3.05) is 45.5 Å². The van der Waals surface area contributed by atoms with Crippen LogP contribution in [0.25, 0.3) is 0 Å². The Morgan fingerprint density at radius 1 is 1.16 bits per heavy atom. The molecule has 10 nitrogen and oxygen atoms in total. The topological polar surface area (TPSA) is 130 Å². The highest BCUT2D eigenvalue weighted by molar-refractivity contribution is 7.89. The summed E-state index contributed by atoms with van der Waals surface area (Å²) in [6.45, 7) is 2.33. The molecule has 25 heavy (non-hydrogen) atoms. The van der Waals surface area contributed by atoms with E-state index in [2.05, 4.69) is 4.72 Å². The summed E-state index contributed by atoms with van der Waals surface area (Å²) in [7, 11) is -7.04. The predicted octanol–water partition coefficient (Wildman–Crippen LogP) is -0.550. The van der Waals surface area contributed by atoms with Gasteiger partial charge in [0.05, 0.1) is 16.1 Å². The summed E-state index contributed by atoms with van der Waals surface area (Å²) in [4.78, 5) is 11.9. The molecule has 140 valence electrons. The summed E-state index contributed by atoms with van der Waals surface area (Å²) in [6.07, 6.45) is 1.16. The lowest BCUT2D eigenvalue weighted by Gasteiger charge is -2.33. The van der Waals surface area contributed by atoms with Crippen LogP contribution >= 0.6 is 0 Å². The Bertz CT molecular complexity index is 832. The van der Waals surface area contributed by atoms with Gasteiger partial charge < -0.3 is 0 Å². The minimum absolute atomic E-state index is 0.129. The van der Waals surface area contributed by atoms with Gasteiger partial charge in [0, 0.05) is 51.4 Å². The predicted molar refractivity (Wildman–Crippen MR) is 91.1 cm³/mol. The SMILES string of the molecule is CS(=O)(=O)N1CCN(CCNS(=O)(=O)c2cccc([N+](=O)[O-])c2)CC1. The van der Waals surface area contributed by atoms with Crippen molar-refractivity contribution in [2.45, 2.75) is 4.90 Å². The standard InChI is InChI=1S/C13H20N4O6S2/c1-24(20,21)16-9-7-15(8-10-16)6-5-14-25(22,23)13-4-2-3-12(11-13)17(18)19/h2-4,11,14H,5-10H2,1H3. The lowest BCUT2D eigenvalue weighted by Crippen LogP contribution is -2.49. The molecule has 2 rings (SSSR count). The summed E-state index contributed by atoms with van der Waals surface area (Å²) < 4.78 is 51.1. The van der Waals surface area contributed by atoms with Gasteiger partial charge in [0.25, 0.3) is 5.69 Å². The van der Waals surface area contributed by atoms with Crippen molar-refractivity contribution in [3.63, 3.8) is 0 Å². The summed E-state index contributed by atoms with van der Waals surface area (Å²) in [5.74, 6) is 0. The van der Waals surface area contributed by atoms with Crippen LogP contribution in [0.5, 0.6) is 0 Å². The molecule has 0 amide bonds. The maximum Gasteiger partial charge on any atom is 0.270 e. The number of nitro groups is 1. The first-order chi connectivity index (χ1) is 11.6. The summed E-state index contributed by atoms with van der Waals surface area (Å²) in [5.41, 5.74) is -0.292. The number of nitro benzene ring substituents is 1. The normalized spacial score (nSPS) is 17.5. The second kappa shape index (κ2) is 7.74. The van der Waals surface area contributed by atoms with E-state index in [9.17, 15) is 26.9 Å². The second-order valence-corrected chi connectivity index (χ2v) is 9.41. The maximum absolute atomic E-state index is 12.2. The molecule has 1 aromatic rings. The number of rotatable bonds is 7. The van der Waals surface area contributed by atoms with E-state index in [-0.39, 0.29) is 17.1 Å². The molecule has 1 aliphatic rings. The van der Waals surface area contributed by atoms with Crippen LogP contribution in [0.1, 0.15) is 0 Å². The van der Waals surface area contributed by atoms with Crippen LogP contribution in [-0.2, 0) is 20.0 Å². The first kappa shape index (κ1) is 19.7. The molecule has 1 fully saturated rings. The third-order valence-electron chi connectivity index (χ3n) is 3.86. The number of non-ortho nitro benzene ring substituents is 1. The number of piperazine rings is 1. The molecule has 0 aromatic heterocycles. The van der Waals surface area contributed by atoms with E-state index in [1.54, 1.807) is 0 Å². The van der Waals surface area contributed by atoms with Gasteiger partial charge in [0.2, 0.25) is 20.0 Å². The minimum atomic E-state index is -3.84. The van der Waals surface area contributed by atoms with E-state index in [1.807, 2.05) is 4.90 Å². The average Bonchev–Trinajstić information content (AvgIpc) is 2.54. The zero-order valence-corrected chi connectivity index (χ0v) is 15.3. The van der Waals surface area contributed by atoms with Crippen molar-refractivity contribution >= 4 is 25.7 Å². The van der Waals surface area contributed by atoms with Gasteiger partial charge in [0.1, 0.15) is 0 Å². The molecule has 1 aromatic carbocycles. The molecule has 0 spiro atoms. The van der Waals surface area contributed by atoms with Gasteiger partial charge in [-0.25, -0.2) is 21.6 Å². The lowest BCUT2D eigenvalue weighted by molar-refractivity contribution is -0.385. The Morgan fingerprint density at radius 2 is 1.80 bits per heavy atom. The van der Waals surface area contributed by atoms with Gasteiger partial charge in [-0.2, -0.15) is 4.31 Å². The van der Waals surface area contributed by atoms with Gasteiger partial charge >= 0.3 is 0 Å². The monoisotopic (exact) mass is 392 g/mol. The van der Waals surface area contributed by atoms with Crippen molar-refractivity contribution < 1.29 is 21.8 Å². The molecule has 0 aliphatic carbocycles. The van der Waals surface area contributed by atoms with E-state index in [1.165, 1.54) is 22.5 Å². The third kappa shape index (κ3) is 5.44. The molecular weight excluding hydrogens is 372 g/mol. The molecule has 12 heteroatoms. The Balaban J connectivity index is 1.87. The molecular formula is C13H20N4O6S2. The van der Waals surface area contributed by atoms with Crippen molar-refractivity contribution in [1.29, 1.82) is 0 Å². The first-order valence-electron chi connectivity index (χ1n) is 7.51. The third-order valence-corrected chi connectivity index (χ3v) is 6.62. The number of hydrogen-bond donors (Lipinski definition) is 1. The van der Waals surface area contributed by atoms with Crippen LogP contribution in [0.4, 0.5) is 5.69 Å². The van der Waals surface area contributed by atoms with Gasteiger partial charge in [-0.1, -0.05) is 6.07 Å². The molecule has 0 radical (unpaired) electrons. The lowest BCUT2D eigenvalue weighted by atomic mass is 10.3. The second-order valence-electron chi connectivity index (χ2n) is 5.66. The zero-order chi connectivity index (χ0) is 18.7. The van der Waals surface area contributed by atoms with Gasteiger partial charge in [-0.3, -0.25) is 15.0 Å². The van der Waals surface area contributed by atoms with Gasteiger partial charge in [-0.15, -0.1) is 0 Å². The number of benzene rings is 1. The largest absolute Gasteiger partial charge is 0.299 e. The number of nitrogens with one attached hydrogen (secondary N) is 1. The van der Waals surface area contributed by atoms with Gasteiger partial charge in [-0.05, 0) is 6.07 Å². The molecule has 0 unspecified atom stereocenters.